The Kier molecular flexibility index (Phi) is 6.70. The highest BCUT2D eigenvalue weighted by atomic mass is 15.4. The van der Waals surface area contributed by atoms with Gasteiger partial charge in [-0.1, -0.05) is 27.7 Å². The minimum atomic E-state index is 0.294. The van der Waals surface area contributed by atoms with Crippen molar-refractivity contribution in [3.05, 3.63) is 29.9 Å². The molecule has 2 N–H and O–H groups in total. The molecule has 154 valence electrons. The Morgan fingerprint density at radius 2 is 2.14 bits per heavy atom. The number of guanidine groups is 1. The van der Waals surface area contributed by atoms with Crippen molar-refractivity contribution in [2.45, 2.75) is 79.1 Å². The van der Waals surface area contributed by atoms with Crippen molar-refractivity contribution in [1.29, 1.82) is 0 Å². The average Bonchev–Trinajstić information content (AvgIpc) is 3.25. The molecule has 1 aliphatic heterocycles. The molecule has 0 fully saturated rings. The van der Waals surface area contributed by atoms with Gasteiger partial charge in [0.05, 0.1) is 6.54 Å². The standard InChI is InChI=1S/C20H34N8/c1-6-21-20(23-11-18-22-9-10-27(18)12-14(2)3)24-16-7-8-17-25-19(15(4)5)26-28(17)13-16/h9-10,14-16H,6-8,11-13H2,1-5H3,(H2,21,23,24). The summed E-state index contributed by atoms with van der Waals surface area (Å²) in [5, 5.41) is 11.6. The van der Waals surface area contributed by atoms with E-state index in [1.54, 1.807) is 0 Å². The van der Waals surface area contributed by atoms with Crippen molar-refractivity contribution in [1.82, 2.24) is 34.9 Å². The van der Waals surface area contributed by atoms with Crippen LogP contribution in [0.5, 0.6) is 0 Å². The molecule has 8 nitrogen and oxygen atoms in total. The lowest BCUT2D eigenvalue weighted by Crippen LogP contribution is -2.47. The number of nitrogens with zero attached hydrogens (tertiary/aromatic N) is 6. The smallest absolute Gasteiger partial charge is 0.191 e. The zero-order chi connectivity index (χ0) is 20.1. The van der Waals surface area contributed by atoms with Crippen LogP contribution in [0.15, 0.2) is 17.4 Å². The van der Waals surface area contributed by atoms with Crippen LogP contribution >= 0.6 is 0 Å². The molecule has 8 heteroatoms. The molecule has 0 spiro atoms. The maximum Gasteiger partial charge on any atom is 0.191 e. The first-order valence-electron chi connectivity index (χ1n) is 10.4. The third-order valence-corrected chi connectivity index (χ3v) is 4.82. The van der Waals surface area contributed by atoms with Gasteiger partial charge >= 0.3 is 0 Å². The lowest BCUT2D eigenvalue weighted by molar-refractivity contribution is 0.391. The molecule has 1 aliphatic rings. The zero-order valence-corrected chi connectivity index (χ0v) is 17.8. The number of imidazole rings is 1. The normalized spacial score (nSPS) is 17.2. The monoisotopic (exact) mass is 386 g/mol. The first kappa shape index (κ1) is 20.4. The van der Waals surface area contributed by atoms with Crippen LogP contribution in [0.1, 0.15) is 64.4 Å². The van der Waals surface area contributed by atoms with Crippen LogP contribution in [0, 0.1) is 5.92 Å². The number of hydrogen-bond donors (Lipinski definition) is 2. The number of aliphatic imine (C=N–C) groups is 1. The third kappa shape index (κ3) is 5.11. The minimum absolute atomic E-state index is 0.294. The van der Waals surface area contributed by atoms with Crippen molar-refractivity contribution in [2.75, 3.05) is 6.54 Å². The Balaban J connectivity index is 1.64. The number of nitrogens with one attached hydrogen (secondary N) is 2. The Labute approximate surface area is 167 Å². The summed E-state index contributed by atoms with van der Waals surface area (Å²) in [6.45, 7) is 14.0. The fourth-order valence-corrected chi connectivity index (χ4v) is 3.41. The Morgan fingerprint density at radius 3 is 2.86 bits per heavy atom. The van der Waals surface area contributed by atoms with Gasteiger partial charge in [-0.15, -0.1) is 0 Å². The lowest BCUT2D eigenvalue weighted by atomic mass is 10.1. The SMILES string of the molecule is CCNC(=NCc1nccn1CC(C)C)NC1CCc2nc(C(C)C)nn2C1. The molecular formula is C20H34N8. The fraction of sp³-hybridized carbons (Fsp3) is 0.700. The quantitative estimate of drug-likeness (QED) is 0.563. The molecule has 2 aromatic heterocycles. The van der Waals surface area contributed by atoms with Crippen molar-refractivity contribution in [2.24, 2.45) is 10.9 Å². The second kappa shape index (κ2) is 9.21. The van der Waals surface area contributed by atoms with Crippen molar-refractivity contribution >= 4 is 5.96 Å². The zero-order valence-electron chi connectivity index (χ0n) is 17.8. The molecule has 1 unspecified atom stereocenters. The largest absolute Gasteiger partial charge is 0.357 e. The fourth-order valence-electron chi connectivity index (χ4n) is 3.41. The summed E-state index contributed by atoms with van der Waals surface area (Å²) in [5.74, 6) is 4.80. The second-order valence-electron chi connectivity index (χ2n) is 8.19. The minimum Gasteiger partial charge on any atom is -0.357 e. The van der Waals surface area contributed by atoms with Gasteiger partial charge in [-0.3, -0.25) is 0 Å². The summed E-state index contributed by atoms with van der Waals surface area (Å²) in [4.78, 5) is 13.9. The molecule has 2 aromatic rings. The molecule has 0 saturated carbocycles. The van der Waals surface area contributed by atoms with E-state index in [2.05, 4.69) is 69.6 Å². The van der Waals surface area contributed by atoms with Crippen LogP contribution in [0.3, 0.4) is 0 Å². The highest BCUT2D eigenvalue weighted by molar-refractivity contribution is 5.80. The van der Waals surface area contributed by atoms with Crippen LogP contribution in [-0.2, 0) is 26.1 Å². The molecule has 1 atom stereocenters. The maximum absolute atomic E-state index is 4.77. The van der Waals surface area contributed by atoms with Crippen LogP contribution in [0.2, 0.25) is 0 Å². The van der Waals surface area contributed by atoms with E-state index in [1.807, 2.05) is 12.4 Å². The van der Waals surface area contributed by atoms with Gasteiger partial charge in [0.2, 0.25) is 0 Å². The molecule has 0 amide bonds. The van der Waals surface area contributed by atoms with Gasteiger partial charge in [-0.05, 0) is 19.3 Å². The topological polar surface area (TPSA) is 84.9 Å². The average molecular weight is 387 g/mol. The van der Waals surface area contributed by atoms with Crippen LogP contribution in [-0.4, -0.2) is 42.9 Å². The van der Waals surface area contributed by atoms with E-state index < -0.39 is 0 Å². The van der Waals surface area contributed by atoms with E-state index >= 15 is 0 Å². The number of fused-ring (bicyclic) bond motifs is 1. The van der Waals surface area contributed by atoms with Gasteiger partial charge in [-0.2, -0.15) is 5.10 Å². The number of aryl methyl sites for hydroxylation is 1. The molecule has 28 heavy (non-hydrogen) atoms. The molecule has 0 bridgehead atoms. The van der Waals surface area contributed by atoms with Gasteiger partial charge < -0.3 is 15.2 Å². The predicted octanol–water partition coefficient (Wildman–Crippen LogP) is 2.32. The maximum atomic E-state index is 4.77. The number of rotatable bonds is 7. The summed E-state index contributed by atoms with van der Waals surface area (Å²) in [7, 11) is 0. The van der Waals surface area contributed by atoms with Gasteiger partial charge in [0.25, 0.3) is 0 Å². The van der Waals surface area contributed by atoms with E-state index in [-0.39, 0.29) is 0 Å². The lowest BCUT2D eigenvalue weighted by Gasteiger charge is -2.25. The summed E-state index contributed by atoms with van der Waals surface area (Å²) < 4.78 is 4.24. The third-order valence-electron chi connectivity index (χ3n) is 4.82. The van der Waals surface area contributed by atoms with Crippen LogP contribution < -0.4 is 10.6 Å². The summed E-state index contributed by atoms with van der Waals surface area (Å²) in [6, 6.07) is 0.294. The molecule has 3 rings (SSSR count). The highest BCUT2D eigenvalue weighted by Crippen LogP contribution is 2.17. The summed E-state index contributed by atoms with van der Waals surface area (Å²) in [6.07, 6.45) is 5.86. The van der Waals surface area contributed by atoms with Gasteiger partial charge in [0, 0.05) is 43.9 Å². The van der Waals surface area contributed by atoms with E-state index in [1.165, 1.54) is 0 Å². The molecule has 0 radical (unpaired) electrons. The molecule has 0 saturated heterocycles. The van der Waals surface area contributed by atoms with Gasteiger partial charge in [0.15, 0.2) is 11.8 Å². The van der Waals surface area contributed by atoms with E-state index in [0.29, 0.717) is 24.4 Å². The summed E-state index contributed by atoms with van der Waals surface area (Å²) in [5.41, 5.74) is 0. The number of hydrogen-bond acceptors (Lipinski definition) is 4. The molecule has 0 aliphatic carbocycles. The second-order valence-corrected chi connectivity index (χ2v) is 8.19. The first-order chi connectivity index (χ1) is 13.5. The van der Waals surface area contributed by atoms with Crippen molar-refractivity contribution in [3.8, 4) is 0 Å². The van der Waals surface area contributed by atoms with E-state index in [9.17, 15) is 0 Å². The van der Waals surface area contributed by atoms with E-state index in [4.69, 9.17) is 4.99 Å². The predicted molar refractivity (Wildman–Crippen MR) is 111 cm³/mol. The number of aromatic nitrogens is 5. The first-order valence-corrected chi connectivity index (χ1v) is 10.4. The Bertz CT molecular complexity index is 786. The van der Waals surface area contributed by atoms with Crippen LogP contribution in [0.4, 0.5) is 0 Å². The molecule has 3 heterocycles. The van der Waals surface area contributed by atoms with Gasteiger partial charge in [-0.25, -0.2) is 19.6 Å². The molecule has 0 aromatic carbocycles. The van der Waals surface area contributed by atoms with Crippen molar-refractivity contribution in [3.63, 3.8) is 0 Å². The summed E-state index contributed by atoms with van der Waals surface area (Å²) >= 11 is 0. The van der Waals surface area contributed by atoms with E-state index in [0.717, 1.165) is 55.9 Å². The molecular weight excluding hydrogens is 352 g/mol. The van der Waals surface area contributed by atoms with Crippen LogP contribution in [0.25, 0.3) is 0 Å². The Hall–Kier alpha value is -2.38. The Morgan fingerprint density at radius 1 is 1.32 bits per heavy atom. The van der Waals surface area contributed by atoms with Crippen molar-refractivity contribution < 1.29 is 0 Å². The van der Waals surface area contributed by atoms with Gasteiger partial charge in [0.1, 0.15) is 18.2 Å². The highest BCUT2D eigenvalue weighted by Gasteiger charge is 2.23.